The zero-order valence-electron chi connectivity index (χ0n) is 14.4. The molecule has 1 amide bonds. The maximum atomic E-state index is 13.1. The van der Waals surface area contributed by atoms with Crippen LogP contribution in [-0.4, -0.2) is 45.9 Å². The van der Waals surface area contributed by atoms with Gasteiger partial charge in [-0.2, -0.15) is 31.0 Å². The van der Waals surface area contributed by atoms with Crippen LogP contribution in [0.2, 0.25) is 0 Å². The minimum absolute atomic E-state index is 0.160. The molecule has 3 aromatic rings. The fraction of sp³-hybridized carbons (Fsp3) is 0.308. The number of tetrazole rings is 1. The molecule has 0 aliphatic carbocycles. The van der Waals surface area contributed by atoms with Gasteiger partial charge >= 0.3 is 12.4 Å². The summed E-state index contributed by atoms with van der Waals surface area (Å²) in [4.78, 5) is 19.0. The summed E-state index contributed by atoms with van der Waals surface area (Å²) < 4.78 is 79.2. The standard InChI is InChI=1S/C13H9F6N9O/c1-5-20-10(13(17,18)19)24-28(5)8-6(3-4-7(21-8)12(14,15)16)9(29)22-11-23-25-26-27(11)2/h3-4H,1-2H3,(H,22,23,26,29). The molecule has 0 atom stereocenters. The van der Waals surface area contributed by atoms with Gasteiger partial charge in [0.05, 0.1) is 5.56 Å². The zero-order chi connectivity index (χ0) is 21.6. The Hall–Kier alpha value is -3.59. The molecule has 3 heterocycles. The first-order valence-corrected chi connectivity index (χ1v) is 7.51. The Kier molecular flexibility index (Phi) is 4.71. The Bertz CT molecular complexity index is 1070. The maximum Gasteiger partial charge on any atom is 0.453 e. The van der Waals surface area contributed by atoms with Crippen LogP contribution in [-0.2, 0) is 19.4 Å². The molecule has 0 bridgehead atoms. The van der Waals surface area contributed by atoms with Gasteiger partial charge in [-0.3, -0.25) is 10.1 Å². The lowest BCUT2D eigenvalue weighted by atomic mass is 10.2. The van der Waals surface area contributed by atoms with Crippen LogP contribution in [0.5, 0.6) is 0 Å². The first-order valence-electron chi connectivity index (χ1n) is 7.51. The average Bonchev–Trinajstić information content (AvgIpc) is 3.19. The Labute approximate surface area is 156 Å². The third kappa shape index (κ3) is 3.99. The molecule has 10 nitrogen and oxygen atoms in total. The number of carbonyl (C=O) groups excluding carboxylic acids is 1. The van der Waals surface area contributed by atoms with Gasteiger partial charge in [0.25, 0.3) is 11.7 Å². The summed E-state index contributed by atoms with van der Waals surface area (Å²) in [5, 5.41) is 15.6. The van der Waals surface area contributed by atoms with Gasteiger partial charge in [-0.25, -0.2) is 14.6 Å². The van der Waals surface area contributed by atoms with E-state index in [0.29, 0.717) is 10.7 Å². The molecule has 0 aliphatic rings. The van der Waals surface area contributed by atoms with Crippen molar-refractivity contribution in [3.8, 4) is 5.82 Å². The van der Waals surface area contributed by atoms with Crippen LogP contribution in [0.15, 0.2) is 12.1 Å². The molecule has 0 fully saturated rings. The number of amides is 1. The van der Waals surface area contributed by atoms with Crippen molar-refractivity contribution in [2.24, 2.45) is 7.05 Å². The van der Waals surface area contributed by atoms with Crippen molar-refractivity contribution >= 4 is 11.9 Å². The molecule has 0 unspecified atom stereocenters. The summed E-state index contributed by atoms with van der Waals surface area (Å²) in [5.41, 5.74) is -1.95. The van der Waals surface area contributed by atoms with Gasteiger partial charge in [0.1, 0.15) is 11.5 Å². The third-order valence-corrected chi connectivity index (χ3v) is 3.48. The summed E-state index contributed by atoms with van der Waals surface area (Å²) >= 11 is 0. The van der Waals surface area contributed by atoms with Gasteiger partial charge in [0.15, 0.2) is 5.82 Å². The molecule has 0 aromatic carbocycles. The highest BCUT2D eigenvalue weighted by atomic mass is 19.4. The van der Waals surface area contributed by atoms with Gasteiger partial charge in [-0.05, 0) is 29.5 Å². The molecule has 1 N–H and O–H groups in total. The number of pyridine rings is 1. The minimum Gasteiger partial charge on any atom is -0.289 e. The number of hydrogen-bond acceptors (Lipinski definition) is 7. The molecule has 154 valence electrons. The van der Waals surface area contributed by atoms with Gasteiger partial charge in [-0.15, -0.1) is 5.10 Å². The van der Waals surface area contributed by atoms with Crippen molar-refractivity contribution in [3.63, 3.8) is 0 Å². The van der Waals surface area contributed by atoms with Gasteiger partial charge in [-0.1, -0.05) is 5.10 Å². The van der Waals surface area contributed by atoms with E-state index in [-0.39, 0.29) is 5.95 Å². The molecular weight excluding hydrogens is 412 g/mol. The Morgan fingerprint density at radius 1 is 1.07 bits per heavy atom. The van der Waals surface area contributed by atoms with E-state index in [4.69, 9.17) is 0 Å². The van der Waals surface area contributed by atoms with Crippen LogP contribution in [0.3, 0.4) is 0 Å². The summed E-state index contributed by atoms with van der Waals surface area (Å²) in [7, 11) is 1.37. The van der Waals surface area contributed by atoms with Crippen LogP contribution in [0.25, 0.3) is 5.82 Å². The molecule has 0 spiro atoms. The smallest absolute Gasteiger partial charge is 0.289 e. The van der Waals surface area contributed by atoms with E-state index < -0.39 is 47.0 Å². The number of nitrogens with one attached hydrogen (secondary N) is 1. The molecule has 0 saturated carbocycles. The van der Waals surface area contributed by atoms with Crippen LogP contribution >= 0.6 is 0 Å². The number of alkyl halides is 6. The van der Waals surface area contributed by atoms with Crippen molar-refractivity contribution in [3.05, 3.63) is 35.0 Å². The highest BCUT2D eigenvalue weighted by molar-refractivity contribution is 6.05. The second kappa shape index (κ2) is 6.78. The molecular formula is C13H9F6N9O. The lowest BCUT2D eigenvalue weighted by Gasteiger charge is -2.13. The number of anilines is 1. The van der Waals surface area contributed by atoms with E-state index in [1.165, 1.54) is 7.05 Å². The number of nitrogens with zero attached hydrogens (tertiary/aromatic N) is 8. The normalized spacial score (nSPS) is 12.3. The van der Waals surface area contributed by atoms with E-state index in [1.807, 2.05) is 0 Å². The number of carbonyl (C=O) groups is 1. The van der Waals surface area contributed by atoms with Crippen LogP contribution < -0.4 is 5.32 Å². The predicted molar refractivity (Wildman–Crippen MR) is 80.6 cm³/mol. The summed E-state index contributed by atoms with van der Waals surface area (Å²) in [6.07, 6.45) is -9.87. The zero-order valence-corrected chi connectivity index (χ0v) is 14.4. The van der Waals surface area contributed by atoms with Gasteiger partial charge < -0.3 is 0 Å². The van der Waals surface area contributed by atoms with Crippen molar-refractivity contribution < 1.29 is 31.1 Å². The topological polar surface area (TPSA) is 116 Å². The Balaban J connectivity index is 2.14. The van der Waals surface area contributed by atoms with Crippen molar-refractivity contribution in [2.75, 3.05) is 5.32 Å². The highest BCUT2D eigenvalue weighted by Crippen LogP contribution is 2.31. The SMILES string of the molecule is Cc1nc(C(F)(F)F)nn1-c1nc(C(F)(F)F)ccc1C(=O)Nc1nnnn1C. The number of halogens is 6. The van der Waals surface area contributed by atoms with Crippen LogP contribution in [0, 0.1) is 6.92 Å². The first-order chi connectivity index (χ1) is 13.4. The average molecular weight is 421 g/mol. The van der Waals surface area contributed by atoms with E-state index in [1.54, 1.807) is 0 Å². The molecule has 29 heavy (non-hydrogen) atoms. The fourth-order valence-corrected chi connectivity index (χ4v) is 2.16. The van der Waals surface area contributed by atoms with Crippen LogP contribution in [0.4, 0.5) is 32.3 Å². The second-order valence-corrected chi connectivity index (χ2v) is 5.54. The lowest BCUT2D eigenvalue weighted by molar-refractivity contribution is -0.145. The fourth-order valence-electron chi connectivity index (χ4n) is 2.16. The molecule has 0 aliphatic heterocycles. The quantitative estimate of drug-likeness (QED) is 0.641. The molecule has 0 saturated heterocycles. The van der Waals surface area contributed by atoms with Gasteiger partial charge in [0.2, 0.25) is 5.95 Å². The number of aromatic nitrogens is 8. The molecule has 3 aromatic heterocycles. The van der Waals surface area contributed by atoms with E-state index >= 15 is 0 Å². The number of rotatable bonds is 3. The summed E-state index contributed by atoms with van der Waals surface area (Å²) in [5.74, 6) is -4.01. The van der Waals surface area contributed by atoms with Crippen molar-refractivity contribution in [2.45, 2.75) is 19.3 Å². The first kappa shape index (κ1) is 20.2. The summed E-state index contributed by atoms with van der Waals surface area (Å²) in [6, 6.07) is 1.25. The largest absolute Gasteiger partial charge is 0.453 e. The number of hydrogen-bond donors (Lipinski definition) is 1. The van der Waals surface area contributed by atoms with E-state index in [0.717, 1.165) is 17.7 Å². The molecule has 0 radical (unpaired) electrons. The lowest BCUT2D eigenvalue weighted by Crippen LogP contribution is -2.21. The maximum absolute atomic E-state index is 13.1. The Morgan fingerprint density at radius 3 is 2.28 bits per heavy atom. The van der Waals surface area contributed by atoms with Crippen molar-refractivity contribution in [1.29, 1.82) is 0 Å². The molecule has 16 heteroatoms. The van der Waals surface area contributed by atoms with E-state index in [2.05, 4.69) is 35.9 Å². The molecule has 3 rings (SSSR count). The predicted octanol–water partition coefficient (Wildman–Crippen LogP) is 1.78. The van der Waals surface area contributed by atoms with E-state index in [9.17, 15) is 31.1 Å². The Morgan fingerprint density at radius 2 is 1.76 bits per heavy atom. The van der Waals surface area contributed by atoms with Gasteiger partial charge in [0, 0.05) is 7.05 Å². The highest BCUT2D eigenvalue weighted by Gasteiger charge is 2.38. The van der Waals surface area contributed by atoms with Crippen molar-refractivity contribution in [1.82, 2.24) is 40.0 Å². The van der Waals surface area contributed by atoms with Crippen LogP contribution in [0.1, 0.15) is 27.7 Å². The minimum atomic E-state index is -4.95. The third-order valence-electron chi connectivity index (χ3n) is 3.48. The monoisotopic (exact) mass is 421 g/mol. The second-order valence-electron chi connectivity index (χ2n) is 5.54. The summed E-state index contributed by atoms with van der Waals surface area (Å²) in [6.45, 7) is 1.07. The number of aryl methyl sites for hydroxylation is 2.